The lowest BCUT2D eigenvalue weighted by Crippen LogP contribution is -2.26. The Morgan fingerprint density at radius 1 is 1.41 bits per heavy atom. The van der Waals surface area contributed by atoms with Gasteiger partial charge in [-0.15, -0.1) is 0 Å². The second-order valence-corrected chi connectivity index (χ2v) is 5.37. The van der Waals surface area contributed by atoms with Crippen molar-refractivity contribution in [2.75, 3.05) is 27.2 Å². The van der Waals surface area contributed by atoms with Gasteiger partial charge >= 0.3 is 0 Å². The first kappa shape index (κ1) is 14.4. The molecule has 1 rings (SSSR count). The third-order valence-corrected chi connectivity index (χ3v) is 2.92. The molecular weight excluding hydrogens is 326 g/mol. The van der Waals surface area contributed by atoms with Crippen LogP contribution in [0.25, 0.3) is 0 Å². The second-order valence-electron chi connectivity index (χ2n) is 4.13. The standard InChI is InChI=1S/C12H18IN3O/c1-16(2)8-4-3-7-14-12(17)11-6-5-10(13)9-15-11/h5-6,9H,3-4,7-8H2,1-2H3,(H,14,17)/i13-3. The molecule has 0 unspecified atom stereocenters. The van der Waals surface area contributed by atoms with Crippen LogP contribution < -0.4 is 5.32 Å². The molecule has 4 nitrogen and oxygen atoms in total. The third kappa shape index (κ3) is 5.97. The van der Waals surface area contributed by atoms with Crippen LogP contribution in [-0.2, 0) is 0 Å². The molecule has 1 heterocycles. The van der Waals surface area contributed by atoms with E-state index in [4.69, 9.17) is 0 Å². The molecular formula is C12H18IN3O. The SMILES string of the molecule is CN(C)CCCCNC(=O)c1ccc([124I])cn1. The van der Waals surface area contributed by atoms with Crippen LogP contribution in [0.2, 0.25) is 0 Å². The Morgan fingerprint density at radius 3 is 2.76 bits per heavy atom. The fourth-order valence-corrected chi connectivity index (χ4v) is 1.67. The van der Waals surface area contributed by atoms with E-state index in [2.05, 4.69) is 37.8 Å². The van der Waals surface area contributed by atoms with Crippen molar-refractivity contribution < 1.29 is 4.79 Å². The van der Waals surface area contributed by atoms with Gasteiger partial charge < -0.3 is 10.2 Å². The number of nitrogens with zero attached hydrogens (tertiary/aromatic N) is 2. The van der Waals surface area contributed by atoms with Crippen molar-refractivity contribution >= 4 is 28.5 Å². The molecule has 1 N–H and O–H groups in total. The second kappa shape index (κ2) is 7.60. The predicted octanol–water partition coefficient (Wildman–Crippen LogP) is 1.76. The summed E-state index contributed by atoms with van der Waals surface area (Å²) in [6, 6.07) is 3.63. The van der Waals surface area contributed by atoms with Crippen molar-refractivity contribution in [1.82, 2.24) is 15.2 Å². The Hall–Kier alpha value is -0.690. The van der Waals surface area contributed by atoms with Gasteiger partial charge in [0.05, 0.1) is 0 Å². The average molecular weight is 344 g/mol. The van der Waals surface area contributed by atoms with Crippen molar-refractivity contribution in [3.8, 4) is 0 Å². The molecule has 17 heavy (non-hydrogen) atoms. The first-order valence-corrected chi connectivity index (χ1v) is 6.72. The van der Waals surface area contributed by atoms with Crippen molar-refractivity contribution in [2.45, 2.75) is 12.8 Å². The van der Waals surface area contributed by atoms with Crippen LogP contribution in [0.1, 0.15) is 23.3 Å². The Balaban J connectivity index is 2.23. The minimum Gasteiger partial charge on any atom is -0.351 e. The smallest absolute Gasteiger partial charge is 0.269 e. The first-order chi connectivity index (χ1) is 8.09. The summed E-state index contributed by atoms with van der Waals surface area (Å²) in [7, 11) is 4.10. The van der Waals surface area contributed by atoms with Crippen LogP contribution in [0.5, 0.6) is 0 Å². The number of pyridine rings is 1. The fraction of sp³-hybridized carbons (Fsp3) is 0.500. The van der Waals surface area contributed by atoms with Gasteiger partial charge in [0.25, 0.3) is 5.91 Å². The van der Waals surface area contributed by atoms with E-state index in [1.165, 1.54) is 0 Å². The molecule has 0 aliphatic rings. The molecule has 0 saturated heterocycles. The quantitative estimate of drug-likeness (QED) is 0.632. The number of amides is 1. The maximum absolute atomic E-state index is 11.7. The van der Waals surface area contributed by atoms with E-state index in [0.29, 0.717) is 12.2 Å². The van der Waals surface area contributed by atoms with Gasteiger partial charge in [-0.05, 0) is 68.2 Å². The lowest BCUT2D eigenvalue weighted by atomic mass is 10.3. The third-order valence-electron chi connectivity index (χ3n) is 2.28. The molecule has 1 amide bonds. The number of hydrogen-bond acceptors (Lipinski definition) is 3. The summed E-state index contributed by atoms with van der Waals surface area (Å²) < 4.78 is 1.03. The van der Waals surface area contributed by atoms with Crippen molar-refractivity contribution in [1.29, 1.82) is 0 Å². The van der Waals surface area contributed by atoms with Gasteiger partial charge in [0.15, 0.2) is 0 Å². The van der Waals surface area contributed by atoms with Gasteiger partial charge in [-0.3, -0.25) is 4.79 Å². The Kier molecular flexibility index (Phi) is 6.43. The molecule has 1 aromatic rings. The number of carbonyl (C=O) groups excluding carboxylic acids is 1. The molecule has 1 aromatic heterocycles. The van der Waals surface area contributed by atoms with Gasteiger partial charge in [-0.25, -0.2) is 4.98 Å². The molecule has 0 fully saturated rings. The summed E-state index contributed by atoms with van der Waals surface area (Å²) in [6.07, 6.45) is 3.78. The maximum Gasteiger partial charge on any atom is 0.269 e. The van der Waals surface area contributed by atoms with Crippen molar-refractivity contribution in [2.24, 2.45) is 0 Å². The number of halogens is 1. The zero-order chi connectivity index (χ0) is 12.7. The topological polar surface area (TPSA) is 45.2 Å². The van der Waals surface area contributed by atoms with E-state index >= 15 is 0 Å². The predicted molar refractivity (Wildman–Crippen MR) is 77.1 cm³/mol. The van der Waals surface area contributed by atoms with Crippen LogP contribution in [0.3, 0.4) is 0 Å². The molecule has 0 spiro atoms. The minimum absolute atomic E-state index is 0.0914. The average Bonchev–Trinajstić information content (AvgIpc) is 2.29. The van der Waals surface area contributed by atoms with Crippen LogP contribution in [0.4, 0.5) is 0 Å². The van der Waals surface area contributed by atoms with E-state index in [-0.39, 0.29) is 5.91 Å². The molecule has 0 saturated carbocycles. The minimum atomic E-state index is -0.0914. The summed E-state index contributed by atoms with van der Waals surface area (Å²) in [5, 5.41) is 2.87. The lowest BCUT2D eigenvalue weighted by molar-refractivity contribution is 0.0948. The molecule has 0 aliphatic carbocycles. The molecule has 0 bridgehead atoms. The van der Waals surface area contributed by atoms with Gasteiger partial charge in [0, 0.05) is 16.3 Å². The van der Waals surface area contributed by atoms with Gasteiger partial charge in [-0.2, -0.15) is 0 Å². The van der Waals surface area contributed by atoms with E-state index in [9.17, 15) is 4.79 Å². The van der Waals surface area contributed by atoms with Crippen molar-refractivity contribution in [3.05, 3.63) is 27.6 Å². The molecule has 0 aromatic carbocycles. The lowest BCUT2D eigenvalue weighted by Gasteiger charge is -2.09. The summed E-state index contributed by atoms with van der Waals surface area (Å²) in [6.45, 7) is 1.76. The Bertz CT molecular complexity index is 351. The summed E-state index contributed by atoms with van der Waals surface area (Å²) in [4.78, 5) is 17.9. The number of unbranched alkanes of at least 4 members (excludes halogenated alkanes) is 1. The number of nitrogens with one attached hydrogen (secondary N) is 1. The highest BCUT2D eigenvalue weighted by molar-refractivity contribution is 14.1. The zero-order valence-electron chi connectivity index (χ0n) is 10.2. The molecule has 0 radical (unpaired) electrons. The number of rotatable bonds is 6. The summed E-state index contributed by atoms with van der Waals surface area (Å²) in [5.74, 6) is -0.0914. The summed E-state index contributed by atoms with van der Waals surface area (Å²) >= 11 is 2.17. The highest BCUT2D eigenvalue weighted by Crippen LogP contribution is 2.03. The monoisotopic (exact) mass is 344 g/mol. The molecule has 94 valence electrons. The molecule has 5 heteroatoms. The highest BCUT2D eigenvalue weighted by Gasteiger charge is 2.05. The molecule has 0 atom stereocenters. The highest BCUT2D eigenvalue weighted by atomic mass is 124. The largest absolute Gasteiger partial charge is 0.351 e. The van der Waals surface area contributed by atoms with E-state index < -0.39 is 0 Å². The van der Waals surface area contributed by atoms with Crippen molar-refractivity contribution in [3.63, 3.8) is 0 Å². The molecule has 0 aliphatic heterocycles. The number of carbonyl (C=O) groups is 1. The zero-order valence-corrected chi connectivity index (χ0v) is 12.4. The van der Waals surface area contributed by atoms with Gasteiger partial charge in [0.1, 0.15) is 5.69 Å². The normalized spacial score (nSPS) is 10.6. The number of aromatic nitrogens is 1. The van der Waals surface area contributed by atoms with Gasteiger partial charge in [-0.1, -0.05) is 0 Å². The van der Waals surface area contributed by atoms with E-state index in [0.717, 1.165) is 23.0 Å². The fourth-order valence-electron chi connectivity index (χ4n) is 1.36. The van der Waals surface area contributed by atoms with Crippen LogP contribution in [-0.4, -0.2) is 43.0 Å². The van der Waals surface area contributed by atoms with Crippen LogP contribution in [0, 0.1) is 3.57 Å². The van der Waals surface area contributed by atoms with E-state index in [1.54, 1.807) is 12.3 Å². The summed E-state index contributed by atoms with van der Waals surface area (Å²) in [5.41, 5.74) is 0.484. The maximum atomic E-state index is 11.7. The van der Waals surface area contributed by atoms with Gasteiger partial charge in [0.2, 0.25) is 0 Å². The Morgan fingerprint density at radius 2 is 2.18 bits per heavy atom. The Labute approximate surface area is 116 Å². The first-order valence-electron chi connectivity index (χ1n) is 5.64. The van der Waals surface area contributed by atoms with E-state index in [1.807, 2.05) is 20.2 Å². The number of hydrogen-bond donors (Lipinski definition) is 1. The van der Waals surface area contributed by atoms with Crippen LogP contribution in [0.15, 0.2) is 18.3 Å². The van der Waals surface area contributed by atoms with Crippen LogP contribution >= 0.6 is 22.6 Å².